The van der Waals surface area contributed by atoms with Gasteiger partial charge >= 0.3 is 12.1 Å². The van der Waals surface area contributed by atoms with Crippen molar-refractivity contribution in [2.24, 2.45) is 11.8 Å². The number of nitrogens with one attached hydrogen (secondary N) is 1. The van der Waals surface area contributed by atoms with E-state index in [0.29, 0.717) is 25.4 Å². The molecule has 2 unspecified atom stereocenters. The second kappa shape index (κ2) is 7.33. The van der Waals surface area contributed by atoms with E-state index in [0.717, 1.165) is 6.54 Å². The van der Waals surface area contributed by atoms with Crippen molar-refractivity contribution in [2.45, 2.75) is 26.3 Å². The quantitative estimate of drug-likeness (QED) is 0.769. The van der Waals surface area contributed by atoms with Gasteiger partial charge in [-0.05, 0) is 18.9 Å². The number of rotatable bonds is 4. The van der Waals surface area contributed by atoms with Crippen molar-refractivity contribution >= 4 is 12.1 Å². The minimum Gasteiger partial charge on any atom is -0.469 e. The Morgan fingerprint density at radius 2 is 1.95 bits per heavy atom. The number of amides is 1. The van der Waals surface area contributed by atoms with E-state index in [1.807, 2.05) is 0 Å². The van der Waals surface area contributed by atoms with E-state index < -0.39 is 6.09 Å². The van der Waals surface area contributed by atoms with Crippen LogP contribution >= 0.6 is 0 Å². The highest BCUT2D eigenvalue weighted by Gasteiger charge is 2.34. The lowest BCUT2D eigenvalue weighted by molar-refractivity contribution is -0.147. The van der Waals surface area contributed by atoms with Gasteiger partial charge in [0.25, 0.3) is 0 Å². The minimum atomic E-state index is -0.398. The predicted octanol–water partition coefficient (Wildman–Crippen LogP) is 0.862. The summed E-state index contributed by atoms with van der Waals surface area (Å²) in [6.07, 6.45) is 0.289. The summed E-state index contributed by atoms with van der Waals surface area (Å²) < 4.78 is 9.51. The van der Waals surface area contributed by atoms with E-state index in [-0.39, 0.29) is 17.9 Å². The van der Waals surface area contributed by atoms with Crippen LogP contribution in [0.5, 0.6) is 0 Å². The Morgan fingerprint density at radius 3 is 2.47 bits per heavy atom. The normalized spacial score (nSPS) is 23.3. The van der Waals surface area contributed by atoms with Crippen LogP contribution in [0.15, 0.2) is 0 Å². The molecule has 2 atom stereocenters. The van der Waals surface area contributed by atoms with Crippen LogP contribution in [0.25, 0.3) is 0 Å². The summed E-state index contributed by atoms with van der Waals surface area (Å²) in [5.41, 5.74) is 0. The Kier molecular flexibility index (Phi) is 6.08. The molecule has 1 aliphatic rings. The molecule has 1 heterocycles. The largest absolute Gasteiger partial charge is 0.469 e. The first-order chi connectivity index (χ1) is 8.97. The Balaban J connectivity index is 2.66. The average Bonchev–Trinajstić information content (AvgIpc) is 2.42. The first-order valence-corrected chi connectivity index (χ1v) is 6.62. The number of hydrogen-bond donors (Lipinski definition) is 1. The highest BCUT2D eigenvalue weighted by molar-refractivity contribution is 5.74. The number of carbonyl (C=O) groups excluding carboxylic acids is 2. The third kappa shape index (κ3) is 4.70. The molecule has 1 fully saturated rings. The summed E-state index contributed by atoms with van der Waals surface area (Å²) in [5.74, 6) is -0.0439. The monoisotopic (exact) mass is 272 g/mol. The van der Waals surface area contributed by atoms with E-state index in [2.05, 4.69) is 19.2 Å². The molecule has 19 heavy (non-hydrogen) atoms. The van der Waals surface area contributed by atoms with Gasteiger partial charge in [-0.25, -0.2) is 4.79 Å². The highest BCUT2D eigenvalue weighted by Crippen LogP contribution is 2.19. The van der Waals surface area contributed by atoms with Crippen molar-refractivity contribution in [2.75, 3.05) is 33.9 Å². The standard InChI is InChI=1S/C13H24N2O4/c1-9(2)6-14-11-5-10(12(16)18-3)7-15(8-11)13(17)19-4/h9-11,14H,5-8H2,1-4H3. The average molecular weight is 272 g/mol. The lowest BCUT2D eigenvalue weighted by Crippen LogP contribution is -2.53. The predicted molar refractivity (Wildman–Crippen MR) is 70.7 cm³/mol. The van der Waals surface area contributed by atoms with Crippen molar-refractivity contribution in [1.29, 1.82) is 0 Å². The molecular weight excluding hydrogens is 248 g/mol. The van der Waals surface area contributed by atoms with Gasteiger partial charge in [0.1, 0.15) is 0 Å². The van der Waals surface area contributed by atoms with Gasteiger partial charge in [-0.2, -0.15) is 0 Å². The molecule has 0 saturated carbocycles. The summed E-state index contributed by atoms with van der Waals surface area (Å²) in [5, 5.41) is 3.38. The van der Waals surface area contributed by atoms with Gasteiger partial charge in [0.05, 0.1) is 20.1 Å². The van der Waals surface area contributed by atoms with Crippen LogP contribution in [-0.2, 0) is 14.3 Å². The topological polar surface area (TPSA) is 67.9 Å². The van der Waals surface area contributed by atoms with Crippen LogP contribution in [0, 0.1) is 11.8 Å². The van der Waals surface area contributed by atoms with E-state index in [1.165, 1.54) is 14.2 Å². The summed E-state index contributed by atoms with van der Waals surface area (Å²) >= 11 is 0. The zero-order chi connectivity index (χ0) is 14.4. The molecule has 1 saturated heterocycles. The lowest BCUT2D eigenvalue weighted by Gasteiger charge is -2.36. The fraction of sp³-hybridized carbons (Fsp3) is 0.846. The van der Waals surface area contributed by atoms with Crippen molar-refractivity contribution in [3.8, 4) is 0 Å². The number of piperidine rings is 1. The number of carbonyl (C=O) groups is 2. The van der Waals surface area contributed by atoms with Crippen molar-refractivity contribution in [3.63, 3.8) is 0 Å². The number of likely N-dealkylation sites (tertiary alicyclic amines) is 1. The van der Waals surface area contributed by atoms with Gasteiger partial charge in [0.2, 0.25) is 0 Å². The van der Waals surface area contributed by atoms with Crippen LogP contribution in [0.3, 0.4) is 0 Å². The molecule has 0 aromatic carbocycles. The number of nitrogens with zero attached hydrogens (tertiary/aromatic N) is 1. The third-order valence-corrected chi connectivity index (χ3v) is 3.23. The van der Waals surface area contributed by atoms with Gasteiger partial charge in [-0.1, -0.05) is 13.8 Å². The Labute approximate surface area is 114 Å². The van der Waals surface area contributed by atoms with E-state index in [4.69, 9.17) is 9.47 Å². The smallest absolute Gasteiger partial charge is 0.409 e. The number of ether oxygens (including phenoxy) is 2. The molecule has 6 nitrogen and oxygen atoms in total. The maximum absolute atomic E-state index is 11.7. The molecule has 1 N–H and O–H groups in total. The highest BCUT2D eigenvalue weighted by atomic mass is 16.5. The molecule has 0 aromatic heterocycles. The van der Waals surface area contributed by atoms with Crippen LogP contribution in [0.1, 0.15) is 20.3 Å². The van der Waals surface area contributed by atoms with E-state index in [1.54, 1.807) is 4.90 Å². The second-order valence-corrected chi connectivity index (χ2v) is 5.33. The van der Waals surface area contributed by atoms with Crippen LogP contribution < -0.4 is 5.32 Å². The number of methoxy groups -OCH3 is 2. The summed E-state index contributed by atoms with van der Waals surface area (Å²) in [4.78, 5) is 24.9. The zero-order valence-electron chi connectivity index (χ0n) is 12.1. The van der Waals surface area contributed by atoms with Crippen molar-refractivity contribution < 1.29 is 19.1 Å². The van der Waals surface area contributed by atoms with E-state index in [9.17, 15) is 9.59 Å². The van der Waals surface area contributed by atoms with Gasteiger partial charge in [0.15, 0.2) is 0 Å². The molecule has 0 aromatic rings. The second-order valence-electron chi connectivity index (χ2n) is 5.33. The molecular formula is C13H24N2O4. The maximum Gasteiger partial charge on any atom is 0.409 e. The van der Waals surface area contributed by atoms with E-state index >= 15 is 0 Å². The summed E-state index contributed by atoms with van der Waals surface area (Å²) in [7, 11) is 2.72. The zero-order valence-corrected chi connectivity index (χ0v) is 12.1. The number of hydrogen-bond acceptors (Lipinski definition) is 5. The Hall–Kier alpha value is -1.30. The van der Waals surface area contributed by atoms with Crippen molar-refractivity contribution in [3.05, 3.63) is 0 Å². The SMILES string of the molecule is COC(=O)C1CC(NCC(C)C)CN(C(=O)OC)C1. The van der Waals surface area contributed by atoms with Gasteiger partial charge < -0.3 is 19.7 Å². The minimum absolute atomic E-state index is 0.0966. The Morgan fingerprint density at radius 1 is 1.26 bits per heavy atom. The van der Waals surface area contributed by atoms with Crippen LogP contribution in [-0.4, -0.2) is 56.9 Å². The third-order valence-electron chi connectivity index (χ3n) is 3.23. The van der Waals surface area contributed by atoms with Gasteiger partial charge in [-0.15, -0.1) is 0 Å². The molecule has 0 aliphatic carbocycles. The first-order valence-electron chi connectivity index (χ1n) is 6.62. The molecule has 1 aliphatic heterocycles. The lowest BCUT2D eigenvalue weighted by atomic mass is 9.94. The summed E-state index contributed by atoms with van der Waals surface area (Å²) in [6.45, 7) is 6.01. The molecule has 1 rings (SSSR count). The first kappa shape index (κ1) is 15.8. The molecule has 0 spiro atoms. The van der Waals surface area contributed by atoms with Gasteiger partial charge in [0, 0.05) is 19.1 Å². The fourth-order valence-electron chi connectivity index (χ4n) is 2.26. The van der Waals surface area contributed by atoms with Crippen molar-refractivity contribution in [1.82, 2.24) is 10.2 Å². The molecule has 0 bridgehead atoms. The van der Waals surface area contributed by atoms with Gasteiger partial charge in [-0.3, -0.25) is 4.79 Å². The molecule has 110 valence electrons. The molecule has 6 heteroatoms. The fourth-order valence-corrected chi connectivity index (χ4v) is 2.26. The van der Waals surface area contributed by atoms with Crippen LogP contribution in [0.4, 0.5) is 4.79 Å². The maximum atomic E-state index is 11.7. The van der Waals surface area contributed by atoms with Crippen LogP contribution in [0.2, 0.25) is 0 Å². The molecule has 0 radical (unpaired) electrons. The summed E-state index contributed by atoms with van der Waals surface area (Å²) in [6, 6.07) is 0.0966. The Bertz CT molecular complexity index is 296. The molecule has 1 amide bonds. The number of esters is 1.